The van der Waals surface area contributed by atoms with E-state index < -0.39 is 16.8 Å². The molecule has 1 unspecified atom stereocenters. The standard InChI is InChI=1S/C15H16F3N7O3/c1-9(7-24-10(2)5-12(22-24)15(16,17)18)14-21-20-13(28-14)3-4-23-8-11(6-19-23)25(26)27/h5-6,8-9H,3-4,7H2,1-2H3. The van der Waals surface area contributed by atoms with E-state index in [2.05, 4.69) is 20.4 Å². The van der Waals surface area contributed by atoms with Crippen molar-refractivity contribution in [3.05, 3.63) is 51.7 Å². The Kier molecular flexibility index (Phi) is 5.16. The predicted octanol–water partition coefficient (Wildman–Crippen LogP) is 2.74. The number of nitro groups is 1. The fourth-order valence-electron chi connectivity index (χ4n) is 2.52. The number of hydrogen-bond acceptors (Lipinski definition) is 7. The molecule has 13 heteroatoms. The van der Waals surface area contributed by atoms with Gasteiger partial charge >= 0.3 is 11.9 Å². The van der Waals surface area contributed by atoms with Crippen LogP contribution in [0.3, 0.4) is 0 Å². The van der Waals surface area contributed by atoms with Gasteiger partial charge < -0.3 is 4.42 Å². The Bertz CT molecular complexity index is 976. The summed E-state index contributed by atoms with van der Waals surface area (Å²) in [6.45, 7) is 3.73. The average molecular weight is 399 g/mol. The van der Waals surface area contributed by atoms with E-state index in [1.807, 2.05) is 0 Å². The van der Waals surface area contributed by atoms with E-state index in [4.69, 9.17) is 4.42 Å². The van der Waals surface area contributed by atoms with Crippen molar-refractivity contribution in [1.29, 1.82) is 0 Å². The number of halogens is 3. The highest BCUT2D eigenvalue weighted by Gasteiger charge is 2.34. The zero-order chi connectivity index (χ0) is 20.5. The molecule has 0 aliphatic carbocycles. The molecule has 1 atom stereocenters. The van der Waals surface area contributed by atoms with E-state index in [0.717, 1.165) is 12.3 Å². The number of hydrogen-bond donors (Lipinski definition) is 0. The molecule has 28 heavy (non-hydrogen) atoms. The lowest BCUT2D eigenvalue weighted by molar-refractivity contribution is -0.385. The van der Waals surface area contributed by atoms with E-state index in [-0.39, 0.29) is 24.0 Å². The van der Waals surface area contributed by atoms with E-state index in [1.165, 1.54) is 22.5 Å². The van der Waals surface area contributed by atoms with Crippen molar-refractivity contribution in [2.24, 2.45) is 0 Å². The summed E-state index contributed by atoms with van der Waals surface area (Å²) in [6.07, 6.45) is -1.77. The molecule has 0 fully saturated rings. The zero-order valence-electron chi connectivity index (χ0n) is 14.9. The van der Waals surface area contributed by atoms with Crippen molar-refractivity contribution in [3.63, 3.8) is 0 Å². The first-order valence-electron chi connectivity index (χ1n) is 8.24. The van der Waals surface area contributed by atoms with Crippen LogP contribution in [-0.2, 0) is 25.7 Å². The van der Waals surface area contributed by atoms with Crippen LogP contribution in [0.1, 0.15) is 36.0 Å². The van der Waals surface area contributed by atoms with E-state index in [1.54, 1.807) is 6.92 Å². The molecule has 0 radical (unpaired) electrons. The maximum Gasteiger partial charge on any atom is 0.435 e. The number of aromatic nitrogens is 6. The summed E-state index contributed by atoms with van der Waals surface area (Å²) in [5, 5.41) is 25.9. The molecular weight excluding hydrogens is 383 g/mol. The molecule has 150 valence electrons. The first-order chi connectivity index (χ1) is 13.1. The molecule has 3 rings (SSSR count). The van der Waals surface area contributed by atoms with Crippen LogP contribution < -0.4 is 0 Å². The summed E-state index contributed by atoms with van der Waals surface area (Å²) in [7, 11) is 0. The van der Waals surface area contributed by atoms with Gasteiger partial charge in [-0.05, 0) is 13.0 Å². The van der Waals surface area contributed by atoms with Gasteiger partial charge in [0.2, 0.25) is 11.8 Å². The molecule has 0 aliphatic rings. The maximum absolute atomic E-state index is 12.8. The quantitative estimate of drug-likeness (QED) is 0.443. The molecule has 0 spiro atoms. The lowest BCUT2D eigenvalue weighted by Crippen LogP contribution is -2.12. The van der Waals surface area contributed by atoms with Crippen molar-refractivity contribution in [1.82, 2.24) is 29.8 Å². The molecule has 0 aliphatic heterocycles. The lowest BCUT2D eigenvalue weighted by atomic mass is 10.2. The van der Waals surface area contributed by atoms with Crippen LogP contribution in [0.5, 0.6) is 0 Å². The first kappa shape index (κ1) is 19.5. The van der Waals surface area contributed by atoms with Crippen LogP contribution in [-0.4, -0.2) is 34.7 Å². The van der Waals surface area contributed by atoms with E-state index in [9.17, 15) is 23.3 Å². The minimum absolute atomic E-state index is 0.118. The summed E-state index contributed by atoms with van der Waals surface area (Å²) in [6, 6.07) is 0.981. The normalized spacial score (nSPS) is 13.0. The van der Waals surface area contributed by atoms with Gasteiger partial charge in [-0.1, -0.05) is 6.92 Å². The third kappa shape index (κ3) is 4.35. The summed E-state index contributed by atoms with van der Waals surface area (Å²) in [4.78, 5) is 10.1. The third-order valence-electron chi connectivity index (χ3n) is 4.01. The molecule has 3 aromatic heterocycles. The summed E-state index contributed by atoms with van der Waals surface area (Å²) < 4.78 is 46.4. The van der Waals surface area contributed by atoms with Crippen LogP contribution in [0.25, 0.3) is 0 Å². The van der Waals surface area contributed by atoms with Crippen molar-refractivity contribution in [3.8, 4) is 0 Å². The van der Waals surface area contributed by atoms with Crippen LogP contribution in [0.2, 0.25) is 0 Å². The van der Waals surface area contributed by atoms with Gasteiger partial charge in [-0.3, -0.25) is 19.5 Å². The minimum atomic E-state index is -4.50. The highest BCUT2D eigenvalue weighted by Crippen LogP contribution is 2.29. The Morgan fingerprint density at radius 2 is 2.11 bits per heavy atom. The second-order valence-electron chi connectivity index (χ2n) is 6.25. The molecule has 0 saturated heterocycles. The fraction of sp³-hybridized carbons (Fsp3) is 0.467. The van der Waals surface area contributed by atoms with E-state index in [0.29, 0.717) is 24.6 Å². The van der Waals surface area contributed by atoms with Gasteiger partial charge in [0, 0.05) is 18.7 Å². The van der Waals surface area contributed by atoms with Gasteiger partial charge in [0.25, 0.3) is 0 Å². The van der Waals surface area contributed by atoms with Gasteiger partial charge in [-0.2, -0.15) is 23.4 Å². The second-order valence-corrected chi connectivity index (χ2v) is 6.25. The monoisotopic (exact) mass is 399 g/mol. The third-order valence-corrected chi connectivity index (χ3v) is 4.01. The molecule has 3 heterocycles. The van der Waals surface area contributed by atoms with Gasteiger partial charge in [0.1, 0.15) is 12.4 Å². The van der Waals surface area contributed by atoms with Crippen molar-refractivity contribution in [2.75, 3.05) is 0 Å². The van der Waals surface area contributed by atoms with Crippen LogP contribution in [0.15, 0.2) is 22.9 Å². The van der Waals surface area contributed by atoms with Crippen LogP contribution in [0, 0.1) is 17.0 Å². The summed E-state index contributed by atoms with van der Waals surface area (Å²) in [5.74, 6) is 0.213. The lowest BCUT2D eigenvalue weighted by Gasteiger charge is -2.09. The fourth-order valence-corrected chi connectivity index (χ4v) is 2.52. The Balaban J connectivity index is 1.61. The second kappa shape index (κ2) is 7.40. The molecule has 0 N–H and O–H groups in total. The molecule has 3 aromatic rings. The molecule has 0 saturated carbocycles. The van der Waals surface area contributed by atoms with Gasteiger partial charge in [-0.15, -0.1) is 10.2 Å². The molecule has 0 amide bonds. The van der Waals surface area contributed by atoms with Crippen LogP contribution >= 0.6 is 0 Å². The first-order valence-corrected chi connectivity index (χ1v) is 8.24. The number of aryl methyl sites for hydroxylation is 3. The average Bonchev–Trinajstić information content (AvgIpc) is 3.32. The maximum atomic E-state index is 12.8. The Morgan fingerprint density at radius 1 is 1.36 bits per heavy atom. The highest BCUT2D eigenvalue weighted by atomic mass is 19.4. The smallest absolute Gasteiger partial charge is 0.425 e. The van der Waals surface area contributed by atoms with Gasteiger partial charge in [-0.25, -0.2) is 0 Å². The molecule has 0 bridgehead atoms. The Labute approximate surface area is 156 Å². The minimum Gasteiger partial charge on any atom is -0.425 e. The Morgan fingerprint density at radius 3 is 2.71 bits per heavy atom. The largest absolute Gasteiger partial charge is 0.435 e. The predicted molar refractivity (Wildman–Crippen MR) is 87.3 cm³/mol. The SMILES string of the molecule is Cc1cc(C(F)(F)F)nn1CC(C)c1nnc(CCn2cc([N+](=O)[O-])cn2)o1. The Hall–Kier alpha value is -3.25. The zero-order valence-corrected chi connectivity index (χ0v) is 14.9. The van der Waals surface area contributed by atoms with Gasteiger partial charge in [0.05, 0.1) is 17.4 Å². The van der Waals surface area contributed by atoms with Gasteiger partial charge in [0.15, 0.2) is 5.69 Å². The number of nitrogens with zero attached hydrogens (tertiary/aromatic N) is 7. The topological polar surface area (TPSA) is 118 Å². The molecular formula is C15H16F3N7O3. The summed E-state index contributed by atoms with van der Waals surface area (Å²) >= 11 is 0. The van der Waals surface area contributed by atoms with E-state index >= 15 is 0 Å². The van der Waals surface area contributed by atoms with Crippen molar-refractivity contribution in [2.45, 2.75) is 45.5 Å². The van der Waals surface area contributed by atoms with Crippen LogP contribution in [0.4, 0.5) is 18.9 Å². The molecule has 10 nitrogen and oxygen atoms in total. The van der Waals surface area contributed by atoms with Crippen molar-refractivity contribution < 1.29 is 22.5 Å². The number of rotatable bonds is 7. The molecule has 0 aromatic carbocycles. The highest BCUT2D eigenvalue weighted by molar-refractivity contribution is 5.20. The number of alkyl halides is 3. The van der Waals surface area contributed by atoms with Crippen molar-refractivity contribution >= 4 is 5.69 Å². The summed E-state index contributed by atoms with van der Waals surface area (Å²) in [5.41, 5.74) is -0.691.